The van der Waals surface area contributed by atoms with Gasteiger partial charge < -0.3 is 19.9 Å². The number of para-hydroxylation sites is 1. The molecule has 2 aromatic carbocycles. The number of hydrogen-bond donors (Lipinski definition) is 2. The van der Waals surface area contributed by atoms with Gasteiger partial charge in [-0.3, -0.25) is 0 Å². The van der Waals surface area contributed by atoms with Gasteiger partial charge in [-0.1, -0.05) is 37.3 Å². The molecule has 0 aromatic heterocycles. The Bertz CT molecular complexity index is 557. The highest BCUT2D eigenvalue weighted by Gasteiger charge is 2.04. The average Bonchev–Trinajstić information content (AvgIpc) is 2.62. The third-order valence-electron chi connectivity index (χ3n) is 3.50. The number of nitrogens with one attached hydrogen (secondary N) is 1. The lowest BCUT2D eigenvalue weighted by Gasteiger charge is -2.13. The molecule has 2 rings (SSSR count). The minimum absolute atomic E-state index is 0.269. The van der Waals surface area contributed by atoms with Crippen molar-refractivity contribution in [3.8, 4) is 11.5 Å². The van der Waals surface area contributed by atoms with Crippen molar-refractivity contribution in [2.24, 2.45) is 0 Å². The van der Waals surface area contributed by atoms with Crippen LogP contribution in [-0.2, 0) is 6.42 Å². The fourth-order valence-corrected chi connectivity index (χ4v) is 2.23. The SMILES string of the molecule is [CH2]CCc1ccc(OCCNCC(O)COc2ccccc2)cc1. The molecular weight excluding hydrogens is 302 g/mol. The predicted octanol–water partition coefficient (Wildman–Crippen LogP) is 2.86. The van der Waals surface area contributed by atoms with E-state index < -0.39 is 6.10 Å². The summed E-state index contributed by atoms with van der Waals surface area (Å²) in [5, 5.41) is 13.0. The van der Waals surface area contributed by atoms with E-state index in [0.29, 0.717) is 19.7 Å². The summed E-state index contributed by atoms with van der Waals surface area (Å²) in [5.74, 6) is 1.62. The summed E-state index contributed by atoms with van der Waals surface area (Å²) >= 11 is 0. The molecule has 0 amide bonds. The summed E-state index contributed by atoms with van der Waals surface area (Å²) in [4.78, 5) is 0. The van der Waals surface area contributed by atoms with Crippen molar-refractivity contribution in [1.82, 2.24) is 5.32 Å². The highest BCUT2D eigenvalue weighted by Crippen LogP contribution is 2.13. The van der Waals surface area contributed by atoms with E-state index >= 15 is 0 Å². The van der Waals surface area contributed by atoms with E-state index in [-0.39, 0.29) is 6.61 Å². The molecule has 0 saturated heterocycles. The molecule has 2 aromatic rings. The number of benzene rings is 2. The van der Waals surface area contributed by atoms with Crippen molar-refractivity contribution < 1.29 is 14.6 Å². The molecule has 24 heavy (non-hydrogen) atoms. The van der Waals surface area contributed by atoms with Gasteiger partial charge in [0.2, 0.25) is 0 Å². The second kappa shape index (κ2) is 10.7. The monoisotopic (exact) mass is 328 g/mol. The van der Waals surface area contributed by atoms with Crippen LogP contribution in [0.15, 0.2) is 54.6 Å². The number of aryl methyl sites for hydroxylation is 1. The first kappa shape index (κ1) is 18.3. The van der Waals surface area contributed by atoms with E-state index in [9.17, 15) is 5.11 Å². The fraction of sp³-hybridized carbons (Fsp3) is 0.350. The van der Waals surface area contributed by atoms with Crippen molar-refractivity contribution in [1.29, 1.82) is 0 Å². The van der Waals surface area contributed by atoms with Crippen molar-refractivity contribution in [2.75, 3.05) is 26.3 Å². The van der Waals surface area contributed by atoms with Crippen LogP contribution in [0.1, 0.15) is 12.0 Å². The molecule has 0 aliphatic carbocycles. The van der Waals surface area contributed by atoms with Gasteiger partial charge in [-0.2, -0.15) is 0 Å². The van der Waals surface area contributed by atoms with E-state index in [0.717, 1.165) is 24.3 Å². The smallest absolute Gasteiger partial charge is 0.119 e. The van der Waals surface area contributed by atoms with Crippen LogP contribution in [-0.4, -0.2) is 37.5 Å². The van der Waals surface area contributed by atoms with Gasteiger partial charge in [0.15, 0.2) is 0 Å². The predicted molar refractivity (Wildman–Crippen MR) is 96.4 cm³/mol. The Balaban J connectivity index is 1.54. The molecule has 129 valence electrons. The van der Waals surface area contributed by atoms with E-state index in [1.165, 1.54) is 5.56 Å². The van der Waals surface area contributed by atoms with Gasteiger partial charge in [-0.25, -0.2) is 0 Å². The zero-order valence-electron chi connectivity index (χ0n) is 14.0. The Kier molecular flexibility index (Phi) is 8.15. The fourth-order valence-electron chi connectivity index (χ4n) is 2.23. The first-order valence-corrected chi connectivity index (χ1v) is 8.35. The molecule has 0 aliphatic heterocycles. The second-order valence-electron chi connectivity index (χ2n) is 5.58. The van der Waals surface area contributed by atoms with Crippen molar-refractivity contribution >= 4 is 0 Å². The summed E-state index contributed by atoms with van der Waals surface area (Å²) in [6.07, 6.45) is 1.35. The zero-order valence-corrected chi connectivity index (χ0v) is 14.0. The van der Waals surface area contributed by atoms with Crippen LogP contribution in [0.2, 0.25) is 0 Å². The van der Waals surface area contributed by atoms with Gasteiger partial charge in [0.25, 0.3) is 0 Å². The molecule has 1 radical (unpaired) electrons. The minimum Gasteiger partial charge on any atom is -0.492 e. The van der Waals surface area contributed by atoms with Crippen LogP contribution < -0.4 is 14.8 Å². The molecule has 4 heteroatoms. The maximum Gasteiger partial charge on any atom is 0.119 e. The first-order chi connectivity index (χ1) is 11.8. The van der Waals surface area contributed by atoms with Crippen LogP contribution >= 0.6 is 0 Å². The Labute approximate surface area is 144 Å². The van der Waals surface area contributed by atoms with Crippen LogP contribution in [0.3, 0.4) is 0 Å². The molecule has 0 aliphatic rings. The van der Waals surface area contributed by atoms with E-state index in [2.05, 4.69) is 24.4 Å². The van der Waals surface area contributed by atoms with Gasteiger partial charge in [-0.05, 0) is 42.7 Å². The summed E-state index contributed by atoms with van der Waals surface area (Å²) in [5.41, 5.74) is 1.28. The minimum atomic E-state index is -0.549. The number of ether oxygens (including phenoxy) is 2. The maximum atomic E-state index is 9.87. The van der Waals surface area contributed by atoms with Crippen LogP contribution in [0, 0.1) is 6.92 Å². The average molecular weight is 328 g/mol. The summed E-state index contributed by atoms with van der Waals surface area (Å²) in [6, 6.07) is 17.6. The topological polar surface area (TPSA) is 50.7 Å². The lowest BCUT2D eigenvalue weighted by Crippen LogP contribution is -2.33. The van der Waals surface area contributed by atoms with Gasteiger partial charge in [0.05, 0.1) is 0 Å². The maximum absolute atomic E-state index is 9.87. The van der Waals surface area contributed by atoms with Gasteiger partial charge in [-0.15, -0.1) is 0 Å². The summed E-state index contributed by atoms with van der Waals surface area (Å²) in [7, 11) is 0. The molecule has 0 spiro atoms. The first-order valence-electron chi connectivity index (χ1n) is 8.35. The van der Waals surface area contributed by atoms with E-state index in [1.807, 2.05) is 42.5 Å². The molecule has 1 unspecified atom stereocenters. The number of hydrogen-bond acceptors (Lipinski definition) is 4. The number of aliphatic hydroxyl groups is 1. The van der Waals surface area contributed by atoms with E-state index in [1.54, 1.807) is 0 Å². The zero-order chi connectivity index (χ0) is 17.0. The Morgan fingerprint density at radius 1 is 0.958 bits per heavy atom. The van der Waals surface area contributed by atoms with Crippen molar-refractivity contribution in [2.45, 2.75) is 18.9 Å². The molecule has 1 atom stereocenters. The number of aliphatic hydroxyl groups excluding tert-OH is 1. The lowest BCUT2D eigenvalue weighted by molar-refractivity contribution is 0.105. The van der Waals surface area contributed by atoms with Crippen molar-refractivity contribution in [3.05, 3.63) is 67.1 Å². The molecule has 2 N–H and O–H groups in total. The quantitative estimate of drug-likeness (QED) is 0.623. The number of rotatable bonds is 11. The van der Waals surface area contributed by atoms with Crippen molar-refractivity contribution in [3.63, 3.8) is 0 Å². The third kappa shape index (κ3) is 7.02. The molecule has 4 nitrogen and oxygen atoms in total. The summed E-state index contributed by atoms with van der Waals surface area (Å²) < 4.78 is 11.2. The van der Waals surface area contributed by atoms with Gasteiger partial charge >= 0.3 is 0 Å². The highest BCUT2D eigenvalue weighted by atomic mass is 16.5. The second-order valence-corrected chi connectivity index (χ2v) is 5.58. The molecular formula is C20H26NO3. The van der Waals surface area contributed by atoms with Crippen LogP contribution in [0.5, 0.6) is 11.5 Å². The largest absolute Gasteiger partial charge is 0.492 e. The van der Waals surface area contributed by atoms with Gasteiger partial charge in [0.1, 0.15) is 30.8 Å². The Morgan fingerprint density at radius 3 is 2.38 bits per heavy atom. The standard InChI is InChI=1S/C20H26NO3/c1-2-6-17-9-11-20(12-10-17)23-14-13-21-15-18(22)16-24-19-7-4-3-5-8-19/h3-5,7-12,18,21-22H,1-2,6,13-16H2. The molecule has 0 heterocycles. The highest BCUT2D eigenvalue weighted by molar-refractivity contribution is 5.27. The third-order valence-corrected chi connectivity index (χ3v) is 3.50. The Morgan fingerprint density at radius 2 is 1.67 bits per heavy atom. The molecule has 0 saturated carbocycles. The molecule has 0 bridgehead atoms. The lowest BCUT2D eigenvalue weighted by atomic mass is 10.1. The van der Waals surface area contributed by atoms with Crippen LogP contribution in [0.25, 0.3) is 0 Å². The normalized spacial score (nSPS) is 11.9. The van der Waals surface area contributed by atoms with E-state index in [4.69, 9.17) is 9.47 Å². The Hall–Kier alpha value is -2.04. The van der Waals surface area contributed by atoms with Crippen LogP contribution in [0.4, 0.5) is 0 Å². The summed E-state index contributed by atoms with van der Waals surface area (Å²) in [6.45, 7) is 5.82. The van der Waals surface area contributed by atoms with Gasteiger partial charge in [0, 0.05) is 13.1 Å². The molecule has 0 fully saturated rings.